The number of methoxy groups -OCH3 is 1. The van der Waals surface area contributed by atoms with Crippen LogP contribution in [0.5, 0.6) is 5.75 Å². The van der Waals surface area contributed by atoms with E-state index in [4.69, 9.17) is 9.84 Å². The third-order valence-electron chi connectivity index (χ3n) is 3.37. The highest BCUT2D eigenvalue weighted by Crippen LogP contribution is 2.19. The average Bonchev–Trinajstić information content (AvgIpc) is 2.47. The number of aliphatic carboxylic acids is 1. The molecule has 2 atom stereocenters. The highest BCUT2D eigenvalue weighted by Gasteiger charge is 2.29. The molecular formula is C13H18N2O5S. The van der Waals surface area contributed by atoms with Crippen LogP contribution in [0.15, 0.2) is 29.2 Å². The van der Waals surface area contributed by atoms with Crippen molar-refractivity contribution in [2.75, 3.05) is 20.2 Å². The van der Waals surface area contributed by atoms with Crippen LogP contribution in [0.1, 0.15) is 6.42 Å². The Morgan fingerprint density at radius 1 is 1.43 bits per heavy atom. The van der Waals surface area contributed by atoms with Gasteiger partial charge in [-0.3, -0.25) is 4.79 Å². The lowest BCUT2D eigenvalue weighted by Crippen LogP contribution is -2.50. The van der Waals surface area contributed by atoms with Crippen LogP contribution >= 0.6 is 0 Å². The lowest BCUT2D eigenvalue weighted by atomic mass is 9.97. The summed E-state index contributed by atoms with van der Waals surface area (Å²) in [6.45, 7) is 0.764. The van der Waals surface area contributed by atoms with Gasteiger partial charge in [0.15, 0.2) is 0 Å². The van der Waals surface area contributed by atoms with Gasteiger partial charge in [-0.2, -0.15) is 0 Å². The van der Waals surface area contributed by atoms with E-state index in [1.54, 1.807) is 12.1 Å². The number of sulfonamides is 1. The lowest BCUT2D eigenvalue weighted by molar-refractivity contribution is -0.142. The topological polar surface area (TPSA) is 105 Å². The summed E-state index contributed by atoms with van der Waals surface area (Å²) in [7, 11) is -2.24. The Kier molecular flexibility index (Phi) is 4.81. The molecule has 1 saturated heterocycles. The van der Waals surface area contributed by atoms with Crippen molar-refractivity contribution in [1.82, 2.24) is 10.0 Å². The fraction of sp³-hybridized carbons (Fsp3) is 0.462. The summed E-state index contributed by atoms with van der Waals surface area (Å²) in [5.41, 5.74) is 0. The minimum absolute atomic E-state index is 0.0966. The summed E-state index contributed by atoms with van der Waals surface area (Å²) in [5, 5.41) is 11.9. The molecule has 1 heterocycles. The smallest absolute Gasteiger partial charge is 0.307 e. The van der Waals surface area contributed by atoms with E-state index < -0.39 is 28.0 Å². The van der Waals surface area contributed by atoms with Crippen molar-refractivity contribution >= 4 is 16.0 Å². The van der Waals surface area contributed by atoms with Crippen LogP contribution < -0.4 is 14.8 Å². The SMILES string of the molecule is COc1cccc(S(=O)(=O)NC2CNCC(C(=O)O)C2)c1. The van der Waals surface area contributed by atoms with Crippen molar-refractivity contribution in [3.05, 3.63) is 24.3 Å². The Hall–Kier alpha value is -1.64. The first kappa shape index (κ1) is 15.7. The predicted octanol–water partition coefficient (Wildman–Crippen LogP) is 0.0362. The Labute approximate surface area is 123 Å². The molecule has 0 amide bonds. The summed E-state index contributed by atoms with van der Waals surface area (Å²) in [6, 6.07) is 5.69. The molecule has 1 aromatic rings. The third kappa shape index (κ3) is 3.93. The molecule has 2 rings (SSSR count). The monoisotopic (exact) mass is 314 g/mol. The molecule has 1 aromatic carbocycles. The minimum Gasteiger partial charge on any atom is -0.497 e. The lowest BCUT2D eigenvalue weighted by Gasteiger charge is -2.28. The molecule has 0 saturated carbocycles. The molecular weight excluding hydrogens is 296 g/mol. The Bertz CT molecular complexity index is 617. The first-order chi connectivity index (χ1) is 9.92. The summed E-state index contributed by atoms with van der Waals surface area (Å²) < 4.78 is 32.2. The van der Waals surface area contributed by atoms with Crippen LogP contribution in [-0.2, 0) is 14.8 Å². The number of nitrogens with one attached hydrogen (secondary N) is 2. The molecule has 116 valence electrons. The molecule has 7 nitrogen and oxygen atoms in total. The second-order valence-electron chi connectivity index (χ2n) is 4.93. The average molecular weight is 314 g/mol. The Morgan fingerprint density at radius 2 is 2.19 bits per heavy atom. The van der Waals surface area contributed by atoms with Gasteiger partial charge in [0.1, 0.15) is 5.75 Å². The Balaban J connectivity index is 2.11. The van der Waals surface area contributed by atoms with Gasteiger partial charge >= 0.3 is 5.97 Å². The van der Waals surface area contributed by atoms with E-state index in [2.05, 4.69) is 10.0 Å². The number of ether oxygens (including phenoxy) is 1. The molecule has 1 aliphatic heterocycles. The van der Waals surface area contributed by atoms with Crippen LogP contribution in [0, 0.1) is 5.92 Å². The quantitative estimate of drug-likeness (QED) is 0.708. The molecule has 0 aromatic heterocycles. The normalized spacial score (nSPS) is 22.7. The molecule has 8 heteroatoms. The molecule has 0 bridgehead atoms. The van der Waals surface area contributed by atoms with Gasteiger partial charge in [-0.25, -0.2) is 13.1 Å². The summed E-state index contributed by atoms with van der Waals surface area (Å²) in [6.07, 6.45) is 0.269. The first-order valence-corrected chi connectivity index (χ1v) is 8.00. The van der Waals surface area contributed by atoms with Crippen LogP contribution in [0.25, 0.3) is 0 Å². The van der Waals surface area contributed by atoms with Crippen molar-refractivity contribution < 1.29 is 23.1 Å². The molecule has 1 aliphatic rings. The summed E-state index contributed by atoms with van der Waals surface area (Å²) >= 11 is 0. The van der Waals surface area contributed by atoms with Gasteiger partial charge < -0.3 is 15.2 Å². The highest BCUT2D eigenvalue weighted by atomic mass is 32.2. The van der Waals surface area contributed by atoms with E-state index in [0.717, 1.165) is 0 Å². The minimum atomic E-state index is -3.70. The van der Waals surface area contributed by atoms with E-state index in [1.807, 2.05) is 0 Å². The molecule has 1 fully saturated rings. The summed E-state index contributed by atoms with van der Waals surface area (Å²) in [5.74, 6) is -1.06. The highest BCUT2D eigenvalue weighted by molar-refractivity contribution is 7.89. The zero-order chi connectivity index (χ0) is 15.5. The van der Waals surface area contributed by atoms with Crippen molar-refractivity contribution in [3.63, 3.8) is 0 Å². The van der Waals surface area contributed by atoms with Gasteiger partial charge in [0, 0.05) is 25.2 Å². The predicted molar refractivity (Wildman–Crippen MR) is 75.7 cm³/mol. The fourth-order valence-electron chi connectivity index (χ4n) is 2.28. The molecule has 0 radical (unpaired) electrons. The van der Waals surface area contributed by atoms with E-state index in [0.29, 0.717) is 18.8 Å². The van der Waals surface area contributed by atoms with E-state index in [-0.39, 0.29) is 11.3 Å². The maximum Gasteiger partial charge on any atom is 0.307 e. The largest absolute Gasteiger partial charge is 0.497 e. The van der Waals surface area contributed by atoms with Crippen molar-refractivity contribution in [3.8, 4) is 5.75 Å². The van der Waals surface area contributed by atoms with Gasteiger partial charge in [-0.05, 0) is 18.6 Å². The number of carboxylic acids is 1. The number of hydrogen-bond acceptors (Lipinski definition) is 5. The van der Waals surface area contributed by atoms with Gasteiger partial charge in [0.2, 0.25) is 10.0 Å². The van der Waals surface area contributed by atoms with Crippen LogP contribution in [0.2, 0.25) is 0 Å². The van der Waals surface area contributed by atoms with Crippen molar-refractivity contribution in [1.29, 1.82) is 0 Å². The van der Waals surface area contributed by atoms with E-state index in [1.165, 1.54) is 19.2 Å². The number of carbonyl (C=O) groups is 1. The van der Waals surface area contributed by atoms with Gasteiger partial charge in [-0.15, -0.1) is 0 Å². The number of piperidine rings is 1. The Morgan fingerprint density at radius 3 is 2.86 bits per heavy atom. The standard InChI is InChI=1S/C13H18N2O5S/c1-20-11-3-2-4-12(6-11)21(18,19)15-10-5-9(13(16)17)7-14-8-10/h2-4,6,9-10,14-15H,5,7-8H2,1H3,(H,16,17). The van der Waals surface area contributed by atoms with Crippen LogP contribution in [0.3, 0.4) is 0 Å². The molecule has 3 N–H and O–H groups in total. The number of carboxylic acid groups (broad SMARTS) is 1. The maximum atomic E-state index is 12.3. The van der Waals surface area contributed by atoms with Gasteiger partial charge in [0.05, 0.1) is 17.9 Å². The van der Waals surface area contributed by atoms with Crippen LogP contribution in [-0.4, -0.2) is 45.7 Å². The van der Waals surface area contributed by atoms with Crippen molar-refractivity contribution in [2.24, 2.45) is 5.92 Å². The molecule has 21 heavy (non-hydrogen) atoms. The number of hydrogen-bond donors (Lipinski definition) is 3. The van der Waals surface area contributed by atoms with Crippen LogP contribution in [0.4, 0.5) is 0 Å². The van der Waals surface area contributed by atoms with E-state index >= 15 is 0 Å². The van der Waals surface area contributed by atoms with Crippen molar-refractivity contribution in [2.45, 2.75) is 17.4 Å². The van der Waals surface area contributed by atoms with Gasteiger partial charge in [0.25, 0.3) is 0 Å². The molecule has 0 aliphatic carbocycles. The molecule has 0 spiro atoms. The number of rotatable bonds is 5. The number of benzene rings is 1. The molecule has 2 unspecified atom stereocenters. The zero-order valence-electron chi connectivity index (χ0n) is 11.6. The second-order valence-corrected chi connectivity index (χ2v) is 6.64. The second kappa shape index (κ2) is 6.42. The maximum absolute atomic E-state index is 12.3. The van der Waals surface area contributed by atoms with E-state index in [9.17, 15) is 13.2 Å². The zero-order valence-corrected chi connectivity index (χ0v) is 12.4. The fourth-order valence-corrected chi connectivity index (χ4v) is 3.56. The first-order valence-electron chi connectivity index (χ1n) is 6.52. The third-order valence-corrected chi connectivity index (χ3v) is 4.89. The van der Waals surface area contributed by atoms with Gasteiger partial charge in [-0.1, -0.05) is 6.07 Å². The summed E-state index contributed by atoms with van der Waals surface area (Å²) in [4.78, 5) is 11.1.